The van der Waals surface area contributed by atoms with Gasteiger partial charge in [0.1, 0.15) is 6.04 Å². The number of carbonyl (C=O) groups excluding carboxylic acids is 1. The molecular weight excluding hydrogens is 262 g/mol. The lowest BCUT2D eigenvalue weighted by Crippen LogP contribution is -2.44. The summed E-state index contributed by atoms with van der Waals surface area (Å²) in [5.74, 6) is -0.0432. The summed E-state index contributed by atoms with van der Waals surface area (Å²) in [6, 6.07) is 6.81. The molecule has 114 valence electrons. The van der Waals surface area contributed by atoms with E-state index in [2.05, 4.69) is 23.1 Å². The molecule has 0 spiro atoms. The van der Waals surface area contributed by atoms with Crippen LogP contribution < -0.4 is 0 Å². The molecule has 21 heavy (non-hydrogen) atoms. The average molecular weight is 287 g/mol. The van der Waals surface area contributed by atoms with E-state index in [-0.39, 0.29) is 12.0 Å². The second-order valence-electron chi connectivity index (χ2n) is 6.19. The van der Waals surface area contributed by atoms with Gasteiger partial charge in [-0.3, -0.25) is 9.69 Å². The number of esters is 1. The number of piperidine rings is 1. The van der Waals surface area contributed by atoms with Gasteiger partial charge in [0.25, 0.3) is 0 Å². The zero-order valence-electron chi connectivity index (χ0n) is 12.9. The van der Waals surface area contributed by atoms with E-state index in [9.17, 15) is 4.79 Å². The highest BCUT2D eigenvalue weighted by Crippen LogP contribution is 2.25. The van der Waals surface area contributed by atoms with E-state index < -0.39 is 0 Å². The molecule has 0 saturated carbocycles. The van der Waals surface area contributed by atoms with Crippen LogP contribution >= 0.6 is 0 Å². The van der Waals surface area contributed by atoms with Gasteiger partial charge in [0.05, 0.1) is 6.61 Å². The van der Waals surface area contributed by atoms with Crippen molar-refractivity contribution in [3.63, 3.8) is 0 Å². The van der Waals surface area contributed by atoms with Crippen LogP contribution in [0.15, 0.2) is 18.2 Å². The van der Waals surface area contributed by atoms with Crippen LogP contribution in [0.3, 0.4) is 0 Å². The first-order chi connectivity index (χ1) is 10.3. The van der Waals surface area contributed by atoms with Gasteiger partial charge in [0.2, 0.25) is 0 Å². The van der Waals surface area contributed by atoms with Crippen molar-refractivity contribution < 1.29 is 9.53 Å². The number of benzene rings is 1. The summed E-state index contributed by atoms with van der Waals surface area (Å²) in [6.07, 6.45) is 6.97. The number of hydrogen-bond acceptors (Lipinski definition) is 3. The molecule has 2 aliphatic rings. The fourth-order valence-electron chi connectivity index (χ4n) is 3.64. The van der Waals surface area contributed by atoms with Crippen molar-refractivity contribution in [3.05, 3.63) is 34.9 Å². The number of carbonyl (C=O) groups is 1. The number of nitrogens with zero attached hydrogens (tertiary/aromatic N) is 1. The Morgan fingerprint density at radius 1 is 1.24 bits per heavy atom. The van der Waals surface area contributed by atoms with Crippen LogP contribution in [-0.2, 0) is 28.9 Å². The molecule has 3 rings (SSSR count). The first-order valence-electron chi connectivity index (χ1n) is 8.29. The number of ether oxygens (including phenoxy) is 1. The van der Waals surface area contributed by atoms with Crippen LogP contribution in [0.1, 0.15) is 49.3 Å². The van der Waals surface area contributed by atoms with Crippen molar-refractivity contribution in [1.82, 2.24) is 4.90 Å². The second-order valence-corrected chi connectivity index (χ2v) is 6.19. The summed E-state index contributed by atoms with van der Waals surface area (Å²) in [4.78, 5) is 14.4. The molecule has 1 saturated heterocycles. The van der Waals surface area contributed by atoms with Crippen molar-refractivity contribution in [2.75, 3.05) is 13.2 Å². The van der Waals surface area contributed by atoms with Crippen LogP contribution in [0.5, 0.6) is 0 Å². The second kappa shape index (κ2) is 6.61. The lowest BCUT2D eigenvalue weighted by molar-refractivity contribution is -0.151. The lowest BCUT2D eigenvalue weighted by atomic mass is 10.00. The predicted octanol–water partition coefficient (Wildman–Crippen LogP) is 3.09. The fraction of sp³-hybridized carbons (Fsp3) is 0.611. The van der Waals surface area contributed by atoms with Crippen LogP contribution in [-0.4, -0.2) is 30.1 Å². The Bertz CT molecular complexity index is 512. The quantitative estimate of drug-likeness (QED) is 0.797. The third-order valence-corrected chi connectivity index (χ3v) is 4.72. The Morgan fingerprint density at radius 2 is 2.10 bits per heavy atom. The van der Waals surface area contributed by atoms with Crippen LogP contribution in [0.25, 0.3) is 0 Å². The maximum atomic E-state index is 12.1. The number of hydrogen-bond donors (Lipinski definition) is 0. The fourth-order valence-corrected chi connectivity index (χ4v) is 3.64. The highest BCUT2D eigenvalue weighted by Gasteiger charge is 2.29. The first-order valence-corrected chi connectivity index (χ1v) is 8.29. The first kappa shape index (κ1) is 14.6. The van der Waals surface area contributed by atoms with Gasteiger partial charge in [-0.05, 0) is 62.3 Å². The van der Waals surface area contributed by atoms with Gasteiger partial charge < -0.3 is 4.74 Å². The van der Waals surface area contributed by atoms with Crippen LogP contribution in [0.4, 0.5) is 0 Å². The summed E-state index contributed by atoms with van der Waals surface area (Å²) in [5, 5.41) is 0. The molecule has 0 N–H and O–H groups in total. The van der Waals surface area contributed by atoms with Crippen molar-refractivity contribution in [1.29, 1.82) is 0 Å². The molecule has 1 aromatic rings. The third kappa shape index (κ3) is 3.29. The smallest absolute Gasteiger partial charge is 0.323 e. The monoisotopic (exact) mass is 287 g/mol. The molecule has 0 bridgehead atoms. The van der Waals surface area contributed by atoms with E-state index in [0.29, 0.717) is 6.61 Å². The van der Waals surface area contributed by atoms with Gasteiger partial charge in [0.15, 0.2) is 0 Å². The summed E-state index contributed by atoms with van der Waals surface area (Å²) < 4.78 is 5.24. The summed E-state index contributed by atoms with van der Waals surface area (Å²) in [7, 11) is 0. The van der Waals surface area contributed by atoms with Gasteiger partial charge in [-0.1, -0.05) is 24.6 Å². The highest BCUT2D eigenvalue weighted by atomic mass is 16.5. The standard InChI is InChI=1S/C18H25NO2/c1-2-21-18(20)17-8-3-4-11-19(17)13-14-9-10-15-6-5-7-16(15)12-14/h9-10,12,17H,2-8,11,13H2,1H3. The molecule has 1 aliphatic carbocycles. The SMILES string of the molecule is CCOC(=O)C1CCCCN1Cc1ccc2c(c1)CCC2. The Kier molecular flexibility index (Phi) is 4.59. The minimum absolute atomic E-state index is 0.0432. The van der Waals surface area contributed by atoms with E-state index in [4.69, 9.17) is 4.74 Å². The number of likely N-dealkylation sites (tertiary alicyclic amines) is 1. The molecule has 1 heterocycles. The lowest BCUT2D eigenvalue weighted by Gasteiger charge is -2.34. The van der Waals surface area contributed by atoms with E-state index in [0.717, 1.165) is 25.9 Å². The van der Waals surface area contributed by atoms with E-state index in [1.54, 1.807) is 0 Å². The van der Waals surface area contributed by atoms with E-state index >= 15 is 0 Å². The predicted molar refractivity (Wildman–Crippen MR) is 83.1 cm³/mol. The molecule has 1 fully saturated rings. The maximum absolute atomic E-state index is 12.1. The Hall–Kier alpha value is -1.35. The third-order valence-electron chi connectivity index (χ3n) is 4.72. The summed E-state index contributed by atoms with van der Waals surface area (Å²) in [5.41, 5.74) is 4.36. The molecular formula is C18H25NO2. The van der Waals surface area contributed by atoms with Gasteiger partial charge in [-0.15, -0.1) is 0 Å². The van der Waals surface area contributed by atoms with Crippen molar-refractivity contribution in [2.45, 2.75) is 58.0 Å². The molecule has 1 unspecified atom stereocenters. The maximum Gasteiger partial charge on any atom is 0.323 e. The van der Waals surface area contributed by atoms with E-state index in [1.807, 2.05) is 6.92 Å². The Morgan fingerprint density at radius 3 is 2.95 bits per heavy atom. The molecule has 3 nitrogen and oxygen atoms in total. The zero-order valence-corrected chi connectivity index (χ0v) is 12.9. The zero-order chi connectivity index (χ0) is 14.7. The topological polar surface area (TPSA) is 29.5 Å². The van der Waals surface area contributed by atoms with E-state index in [1.165, 1.54) is 42.4 Å². The molecule has 1 aromatic carbocycles. The Balaban J connectivity index is 1.70. The van der Waals surface area contributed by atoms with Crippen molar-refractivity contribution >= 4 is 5.97 Å². The molecule has 0 aromatic heterocycles. The minimum atomic E-state index is -0.0491. The van der Waals surface area contributed by atoms with Crippen molar-refractivity contribution in [2.24, 2.45) is 0 Å². The molecule has 0 radical (unpaired) electrons. The average Bonchev–Trinajstić information content (AvgIpc) is 2.95. The van der Waals surface area contributed by atoms with Gasteiger partial charge in [-0.2, -0.15) is 0 Å². The largest absolute Gasteiger partial charge is 0.465 e. The normalized spacial score (nSPS) is 22.0. The molecule has 1 atom stereocenters. The number of rotatable bonds is 4. The highest BCUT2D eigenvalue weighted by molar-refractivity contribution is 5.75. The van der Waals surface area contributed by atoms with Crippen LogP contribution in [0.2, 0.25) is 0 Å². The summed E-state index contributed by atoms with van der Waals surface area (Å²) >= 11 is 0. The number of fused-ring (bicyclic) bond motifs is 1. The molecule has 0 amide bonds. The summed E-state index contributed by atoms with van der Waals surface area (Å²) in [6.45, 7) is 4.23. The Labute approximate surface area is 127 Å². The van der Waals surface area contributed by atoms with Gasteiger partial charge in [-0.25, -0.2) is 0 Å². The van der Waals surface area contributed by atoms with Gasteiger partial charge >= 0.3 is 5.97 Å². The minimum Gasteiger partial charge on any atom is -0.465 e. The van der Waals surface area contributed by atoms with Gasteiger partial charge in [0, 0.05) is 6.54 Å². The molecule has 3 heteroatoms. The number of aryl methyl sites for hydroxylation is 2. The van der Waals surface area contributed by atoms with Crippen LogP contribution in [0, 0.1) is 0 Å². The van der Waals surface area contributed by atoms with Crippen molar-refractivity contribution in [3.8, 4) is 0 Å². The molecule has 1 aliphatic heterocycles.